The number of alkyl halides is 3. The summed E-state index contributed by atoms with van der Waals surface area (Å²) < 4.78 is 38.7. The molecule has 4 nitrogen and oxygen atoms in total. The molecule has 0 spiro atoms. The zero-order valence-corrected chi connectivity index (χ0v) is 19.8. The lowest BCUT2D eigenvalue weighted by Gasteiger charge is -2.34. The van der Waals surface area contributed by atoms with Crippen molar-refractivity contribution in [2.75, 3.05) is 11.9 Å². The van der Waals surface area contributed by atoms with E-state index < -0.39 is 11.6 Å². The molecule has 1 fully saturated rings. The monoisotopic (exact) mass is 485 g/mol. The van der Waals surface area contributed by atoms with Gasteiger partial charge in [0.2, 0.25) is 5.91 Å². The highest BCUT2D eigenvalue weighted by atomic mass is 32.2. The Labute approximate surface area is 201 Å². The molecule has 8 heteroatoms. The molecule has 0 N–H and O–H groups in total. The molecule has 178 valence electrons. The summed E-state index contributed by atoms with van der Waals surface area (Å²) >= 11 is -0.123. The SMILES string of the molecule is Cc1ccccc1N(C)C(=O)C(c1cccnc1)N(Cc1cccc(SC(F)(F)F)c1)C1CC1. The van der Waals surface area contributed by atoms with Gasteiger partial charge in [0.1, 0.15) is 6.04 Å². The van der Waals surface area contributed by atoms with Crippen LogP contribution in [-0.4, -0.2) is 34.4 Å². The van der Waals surface area contributed by atoms with E-state index in [0.29, 0.717) is 6.54 Å². The molecule has 3 aromatic rings. The Morgan fingerprint density at radius 3 is 2.53 bits per heavy atom. The van der Waals surface area contributed by atoms with Gasteiger partial charge < -0.3 is 4.90 Å². The first kappa shape index (κ1) is 24.3. The van der Waals surface area contributed by atoms with Crippen LogP contribution in [0.2, 0.25) is 0 Å². The number of rotatable bonds is 8. The van der Waals surface area contributed by atoms with Gasteiger partial charge in [-0.3, -0.25) is 14.7 Å². The highest BCUT2D eigenvalue weighted by Gasteiger charge is 2.40. The van der Waals surface area contributed by atoms with Gasteiger partial charge in [-0.05, 0) is 72.5 Å². The molecule has 34 heavy (non-hydrogen) atoms. The maximum absolute atomic E-state index is 13.9. The summed E-state index contributed by atoms with van der Waals surface area (Å²) in [5.41, 5.74) is -1.04. The number of hydrogen-bond donors (Lipinski definition) is 0. The summed E-state index contributed by atoms with van der Waals surface area (Å²) in [6.45, 7) is 2.32. The number of carbonyl (C=O) groups excluding carboxylic acids is 1. The first-order valence-electron chi connectivity index (χ1n) is 11.1. The van der Waals surface area contributed by atoms with E-state index >= 15 is 0 Å². The van der Waals surface area contributed by atoms with Crippen LogP contribution in [0, 0.1) is 6.92 Å². The van der Waals surface area contributed by atoms with Crippen LogP contribution in [0.1, 0.15) is 35.6 Å². The number of likely N-dealkylation sites (N-methyl/N-ethyl adjacent to an activating group) is 1. The Morgan fingerprint density at radius 2 is 1.88 bits per heavy atom. The molecular formula is C26H26F3N3OS. The Morgan fingerprint density at radius 1 is 1.12 bits per heavy atom. The third-order valence-corrected chi connectivity index (χ3v) is 6.61. The van der Waals surface area contributed by atoms with Crippen molar-refractivity contribution in [3.8, 4) is 0 Å². The van der Waals surface area contributed by atoms with Gasteiger partial charge in [0.15, 0.2) is 0 Å². The first-order chi connectivity index (χ1) is 16.2. The van der Waals surface area contributed by atoms with E-state index in [1.165, 1.54) is 6.07 Å². The van der Waals surface area contributed by atoms with E-state index in [1.807, 2.05) is 43.3 Å². The van der Waals surface area contributed by atoms with Gasteiger partial charge in [0, 0.05) is 42.6 Å². The number of halogens is 3. The number of anilines is 1. The molecule has 1 amide bonds. The summed E-state index contributed by atoms with van der Waals surface area (Å²) in [4.78, 5) is 22.1. The summed E-state index contributed by atoms with van der Waals surface area (Å²) in [7, 11) is 1.76. The van der Waals surface area contributed by atoms with E-state index in [-0.39, 0.29) is 28.6 Å². The predicted molar refractivity (Wildman–Crippen MR) is 128 cm³/mol. The lowest BCUT2D eigenvalue weighted by Crippen LogP contribution is -2.42. The first-order valence-corrected chi connectivity index (χ1v) is 11.9. The fourth-order valence-electron chi connectivity index (χ4n) is 4.14. The quantitative estimate of drug-likeness (QED) is 0.348. The van der Waals surface area contributed by atoms with E-state index in [9.17, 15) is 18.0 Å². The van der Waals surface area contributed by atoms with Crippen molar-refractivity contribution in [2.45, 2.75) is 48.8 Å². The molecule has 0 bridgehead atoms. The average molecular weight is 486 g/mol. The Hall–Kier alpha value is -2.84. The van der Waals surface area contributed by atoms with Gasteiger partial charge in [0.05, 0.1) is 0 Å². The minimum atomic E-state index is -4.35. The lowest BCUT2D eigenvalue weighted by molar-refractivity contribution is -0.124. The number of amides is 1. The van der Waals surface area contributed by atoms with Crippen LogP contribution in [0.3, 0.4) is 0 Å². The van der Waals surface area contributed by atoms with Gasteiger partial charge in [-0.15, -0.1) is 0 Å². The number of pyridine rings is 1. The van der Waals surface area contributed by atoms with Crippen molar-refractivity contribution in [1.29, 1.82) is 0 Å². The van der Waals surface area contributed by atoms with Crippen LogP contribution in [0.15, 0.2) is 78.0 Å². The average Bonchev–Trinajstić information content (AvgIpc) is 3.64. The molecule has 1 aliphatic rings. The minimum Gasteiger partial charge on any atom is -0.314 e. The molecule has 0 radical (unpaired) electrons. The zero-order chi connectivity index (χ0) is 24.3. The number of nitrogens with zero attached hydrogens (tertiary/aromatic N) is 3. The molecule has 1 aliphatic carbocycles. The van der Waals surface area contributed by atoms with Gasteiger partial charge in [-0.2, -0.15) is 13.2 Å². The number of aryl methyl sites for hydroxylation is 1. The number of carbonyl (C=O) groups is 1. The van der Waals surface area contributed by atoms with Crippen molar-refractivity contribution < 1.29 is 18.0 Å². The van der Waals surface area contributed by atoms with E-state index in [2.05, 4.69) is 9.88 Å². The van der Waals surface area contributed by atoms with Crippen LogP contribution in [-0.2, 0) is 11.3 Å². The largest absolute Gasteiger partial charge is 0.446 e. The molecule has 1 atom stereocenters. The van der Waals surface area contributed by atoms with Crippen LogP contribution >= 0.6 is 11.8 Å². The third-order valence-electron chi connectivity index (χ3n) is 5.89. The van der Waals surface area contributed by atoms with Gasteiger partial charge >= 0.3 is 5.51 Å². The van der Waals surface area contributed by atoms with Crippen LogP contribution in [0.25, 0.3) is 0 Å². The second kappa shape index (κ2) is 10.2. The van der Waals surface area contributed by atoms with Crippen LogP contribution < -0.4 is 4.90 Å². The highest BCUT2D eigenvalue weighted by molar-refractivity contribution is 8.00. The predicted octanol–water partition coefficient (Wildman–Crippen LogP) is 6.37. The summed E-state index contributed by atoms with van der Waals surface area (Å²) in [5, 5.41) is 0. The van der Waals surface area contributed by atoms with Gasteiger partial charge in [0.25, 0.3) is 0 Å². The molecule has 0 aliphatic heterocycles. The van der Waals surface area contributed by atoms with Crippen molar-refractivity contribution in [2.24, 2.45) is 0 Å². The van der Waals surface area contributed by atoms with Crippen LogP contribution in [0.5, 0.6) is 0 Å². The van der Waals surface area contributed by atoms with Crippen molar-refractivity contribution in [3.63, 3.8) is 0 Å². The molecule has 2 aromatic carbocycles. The topological polar surface area (TPSA) is 36.4 Å². The van der Waals surface area contributed by atoms with Crippen molar-refractivity contribution >= 4 is 23.4 Å². The number of benzene rings is 2. The summed E-state index contributed by atoms with van der Waals surface area (Å²) in [6, 6.07) is 17.4. The molecule has 1 unspecified atom stereocenters. The van der Waals surface area contributed by atoms with E-state index in [0.717, 1.165) is 35.2 Å². The number of aromatic nitrogens is 1. The Kier molecular flexibility index (Phi) is 7.28. The molecule has 0 saturated heterocycles. The van der Waals surface area contributed by atoms with Gasteiger partial charge in [-0.1, -0.05) is 36.4 Å². The molecular weight excluding hydrogens is 459 g/mol. The standard InChI is InChI=1S/C26H26F3N3OS/c1-18-7-3-4-11-23(18)31(2)25(33)24(20-9-6-14-30-16-20)32(21-12-13-21)17-19-8-5-10-22(15-19)34-26(27,28)29/h3-11,14-16,21,24H,12-13,17H2,1-2H3. The fourth-order valence-corrected chi connectivity index (χ4v) is 4.77. The zero-order valence-electron chi connectivity index (χ0n) is 19.0. The molecule has 1 saturated carbocycles. The minimum absolute atomic E-state index is 0.102. The fraction of sp³-hybridized carbons (Fsp3) is 0.308. The molecule has 1 heterocycles. The Balaban J connectivity index is 1.68. The number of hydrogen-bond acceptors (Lipinski definition) is 4. The van der Waals surface area contributed by atoms with E-state index in [4.69, 9.17) is 0 Å². The smallest absolute Gasteiger partial charge is 0.314 e. The van der Waals surface area contributed by atoms with E-state index in [1.54, 1.807) is 42.5 Å². The lowest BCUT2D eigenvalue weighted by atomic mass is 10.0. The molecule has 1 aromatic heterocycles. The number of para-hydroxylation sites is 1. The Bertz CT molecular complexity index is 1140. The molecule has 4 rings (SSSR count). The highest BCUT2D eigenvalue weighted by Crippen LogP contribution is 2.40. The second-order valence-electron chi connectivity index (χ2n) is 8.47. The second-order valence-corrected chi connectivity index (χ2v) is 9.61. The maximum atomic E-state index is 13.9. The van der Waals surface area contributed by atoms with Crippen LogP contribution in [0.4, 0.5) is 18.9 Å². The summed E-state index contributed by atoms with van der Waals surface area (Å²) in [6.07, 6.45) is 5.24. The number of thioether (sulfide) groups is 1. The maximum Gasteiger partial charge on any atom is 0.446 e. The third kappa shape index (κ3) is 5.98. The normalized spacial score (nSPS) is 14.8. The van der Waals surface area contributed by atoms with Crippen molar-refractivity contribution in [1.82, 2.24) is 9.88 Å². The van der Waals surface area contributed by atoms with Crippen molar-refractivity contribution in [3.05, 3.63) is 89.7 Å². The summed E-state index contributed by atoms with van der Waals surface area (Å²) in [5.74, 6) is -0.102. The van der Waals surface area contributed by atoms with Gasteiger partial charge in [-0.25, -0.2) is 0 Å².